The number of imidazole rings is 1. The van der Waals surface area contributed by atoms with E-state index >= 15 is 0 Å². The van der Waals surface area contributed by atoms with Crippen molar-refractivity contribution in [2.45, 2.75) is 19.4 Å². The van der Waals surface area contributed by atoms with Crippen LogP contribution in [0.3, 0.4) is 0 Å². The van der Waals surface area contributed by atoms with Crippen molar-refractivity contribution in [3.8, 4) is 11.6 Å². The summed E-state index contributed by atoms with van der Waals surface area (Å²) in [5, 5.41) is 8.53. The predicted molar refractivity (Wildman–Crippen MR) is 117 cm³/mol. The molecule has 1 N–H and O–H groups in total. The lowest BCUT2D eigenvalue weighted by molar-refractivity contribution is 0.0650. The van der Waals surface area contributed by atoms with E-state index in [1.165, 1.54) is 17.4 Å². The van der Waals surface area contributed by atoms with Gasteiger partial charge in [-0.2, -0.15) is 0 Å². The van der Waals surface area contributed by atoms with Crippen molar-refractivity contribution in [3.63, 3.8) is 0 Å². The summed E-state index contributed by atoms with van der Waals surface area (Å²) < 4.78 is 20.7. The Morgan fingerprint density at radius 1 is 1.24 bits per heavy atom. The molecule has 1 atom stereocenters. The minimum absolute atomic E-state index is 0.149. The largest absolute Gasteiger partial charge is 0.411 e. The third kappa shape index (κ3) is 3.28. The summed E-state index contributed by atoms with van der Waals surface area (Å²) in [4.78, 5) is 31.4. The fourth-order valence-corrected chi connectivity index (χ4v) is 5.02. The van der Waals surface area contributed by atoms with Crippen LogP contribution in [0.15, 0.2) is 47.3 Å². The Morgan fingerprint density at radius 3 is 2.97 bits per heavy atom. The van der Waals surface area contributed by atoms with Crippen LogP contribution in [0.25, 0.3) is 21.8 Å². The van der Waals surface area contributed by atoms with E-state index in [1.807, 2.05) is 13.0 Å². The number of nitrogens with zero attached hydrogens (tertiary/aromatic N) is 6. The average Bonchev–Trinajstić information content (AvgIpc) is 3.57. The van der Waals surface area contributed by atoms with Gasteiger partial charge < -0.3 is 14.3 Å². The Labute approximate surface area is 190 Å². The first-order chi connectivity index (χ1) is 16.1. The number of nitrogens with one attached hydrogen (secondary N) is 1. The number of hydrogen-bond acceptors (Lipinski definition) is 8. The Hall–Kier alpha value is -3.99. The molecule has 1 aliphatic rings. The van der Waals surface area contributed by atoms with Gasteiger partial charge in [0.1, 0.15) is 28.1 Å². The highest BCUT2D eigenvalue weighted by Gasteiger charge is 2.38. The molecule has 11 heteroatoms. The van der Waals surface area contributed by atoms with Crippen LogP contribution in [0.4, 0.5) is 4.39 Å². The lowest BCUT2D eigenvalue weighted by Crippen LogP contribution is -2.41. The van der Waals surface area contributed by atoms with Crippen molar-refractivity contribution in [3.05, 3.63) is 76.5 Å². The lowest BCUT2D eigenvalue weighted by atomic mass is 10.0. The highest BCUT2D eigenvalue weighted by atomic mass is 32.1. The number of aromatic nitrogens is 6. The number of fused-ring (bicyclic) bond motifs is 2. The molecule has 0 fully saturated rings. The molecule has 0 aliphatic carbocycles. The van der Waals surface area contributed by atoms with Crippen molar-refractivity contribution < 1.29 is 13.6 Å². The molecule has 1 aromatic carbocycles. The summed E-state index contributed by atoms with van der Waals surface area (Å²) in [6, 6.07) is 7.85. The number of halogens is 1. The fraction of sp³-hybridized carbons (Fsp3) is 0.182. The van der Waals surface area contributed by atoms with Gasteiger partial charge in [-0.15, -0.1) is 21.5 Å². The molecule has 0 unspecified atom stereocenters. The number of amides is 1. The first-order valence-electron chi connectivity index (χ1n) is 10.2. The number of pyridine rings is 1. The van der Waals surface area contributed by atoms with Gasteiger partial charge in [-0.1, -0.05) is 12.1 Å². The van der Waals surface area contributed by atoms with Crippen molar-refractivity contribution >= 4 is 27.5 Å². The maximum atomic E-state index is 14.3. The lowest BCUT2D eigenvalue weighted by Gasteiger charge is -2.32. The predicted octanol–water partition coefficient (Wildman–Crippen LogP) is 3.70. The fourth-order valence-electron chi connectivity index (χ4n) is 3.92. The highest BCUT2D eigenvalue weighted by molar-refractivity contribution is 7.18. The number of aromatic amines is 1. The SMILES string of the molecule is Cc1ccc(-c2nnc(C(=O)N3CCc4[nH]cnc4[C@H]3c3nc4c(F)cccc4s3)o2)nc1. The van der Waals surface area contributed by atoms with Crippen LogP contribution in [0, 0.1) is 12.7 Å². The number of thiazole rings is 1. The van der Waals surface area contributed by atoms with Crippen LogP contribution in [-0.2, 0) is 6.42 Å². The minimum atomic E-state index is -0.600. The molecular formula is C22H16FN7O2S. The smallest absolute Gasteiger partial charge is 0.312 e. The number of carbonyl (C=O) groups is 1. The van der Waals surface area contributed by atoms with E-state index < -0.39 is 17.8 Å². The maximum Gasteiger partial charge on any atom is 0.312 e. The number of H-pyrrole nitrogens is 1. The van der Waals surface area contributed by atoms with Gasteiger partial charge >= 0.3 is 11.8 Å². The minimum Gasteiger partial charge on any atom is -0.411 e. The van der Waals surface area contributed by atoms with Crippen molar-refractivity contribution in [2.24, 2.45) is 0 Å². The Morgan fingerprint density at radius 2 is 2.15 bits per heavy atom. The summed E-state index contributed by atoms with van der Waals surface area (Å²) in [5.41, 5.74) is 3.34. The van der Waals surface area contributed by atoms with Gasteiger partial charge in [-0.05, 0) is 30.7 Å². The van der Waals surface area contributed by atoms with E-state index in [4.69, 9.17) is 4.42 Å². The number of aryl methyl sites for hydroxylation is 1. The van der Waals surface area contributed by atoms with Crippen molar-refractivity contribution in [2.75, 3.05) is 6.54 Å². The average molecular weight is 461 g/mol. The molecule has 1 aliphatic heterocycles. The number of carbonyl (C=O) groups excluding carboxylic acids is 1. The van der Waals surface area contributed by atoms with Crippen molar-refractivity contribution in [1.82, 2.24) is 35.0 Å². The van der Waals surface area contributed by atoms with Crippen LogP contribution in [0.1, 0.15) is 38.7 Å². The number of para-hydroxylation sites is 1. The molecule has 9 nitrogen and oxygen atoms in total. The van der Waals surface area contributed by atoms with Crippen LogP contribution in [0.2, 0.25) is 0 Å². The summed E-state index contributed by atoms with van der Waals surface area (Å²) in [6.07, 6.45) is 3.86. The normalized spacial score (nSPS) is 15.7. The van der Waals surface area contributed by atoms with Gasteiger partial charge in [0.25, 0.3) is 5.89 Å². The number of hydrogen-bond donors (Lipinski definition) is 1. The third-order valence-electron chi connectivity index (χ3n) is 5.54. The van der Waals surface area contributed by atoms with Gasteiger partial charge in [-0.25, -0.2) is 14.4 Å². The standard InChI is InChI=1S/C22H16FN7O2S/c1-11-5-6-14(24-9-11)19-28-29-20(32-19)22(31)30-8-7-13-17(26-10-25-13)18(30)21-27-16-12(23)3-2-4-15(16)33-21/h2-6,9-10,18H,7-8H2,1H3,(H,25,26)/t18-/m0/s1. The van der Waals surface area contributed by atoms with E-state index in [-0.39, 0.29) is 17.3 Å². The number of benzene rings is 1. The molecule has 5 heterocycles. The molecule has 0 radical (unpaired) electrons. The highest BCUT2D eigenvalue weighted by Crippen LogP contribution is 2.38. The van der Waals surface area contributed by atoms with E-state index in [9.17, 15) is 9.18 Å². The van der Waals surface area contributed by atoms with Gasteiger partial charge in [0.15, 0.2) is 0 Å². The zero-order valence-corrected chi connectivity index (χ0v) is 18.1. The van der Waals surface area contributed by atoms with Gasteiger partial charge in [0.2, 0.25) is 0 Å². The van der Waals surface area contributed by atoms with Crippen LogP contribution in [-0.4, -0.2) is 47.5 Å². The van der Waals surface area contributed by atoms with Crippen LogP contribution >= 0.6 is 11.3 Å². The second-order valence-corrected chi connectivity index (χ2v) is 8.75. The molecular weight excluding hydrogens is 445 g/mol. The molecule has 0 spiro atoms. The van der Waals surface area contributed by atoms with E-state index in [2.05, 4.69) is 30.1 Å². The summed E-state index contributed by atoms with van der Waals surface area (Å²) in [5.74, 6) is -0.838. The summed E-state index contributed by atoms with van der Waals surface area (Å²) in [6.45, 7) is 2.31. The monoisotopic (exact) mass is 461 g/mol. The Kier molecular flexibility index (Phi) is 4.50. The molecule has 0 saturated carbocycles. The topological polar surface area (TPSA) is 114 Å². The molecule has 0 saturated heterocycles. The second kappa shape index (κ2) is 7.55. The summed E-state index contributed by atoms with van der Waals surface area (Å²) >= 11 is 1.33. The molecule has 1 amide bonds. The van der Waals surface area contributed by atoms with E-state index in [0.717, 1.165) is 11.3 Å². The van der Waals surface area contributed by atoms with Crippen molar-refractivity contribution in [1.29, 1.82) is 0 Å². The molecule has 164 valence electrons. The van der Waals surface area contributed by atoms with Gasteiger partial charge in [0.05, 0.1) is 16.7 Å². The first kappa shape index (κ1) is 19.7. The zero-order valence-electron chi connectivity index (χ0n) is 17.3. The second-order valence-electron chi connectivity index (χ2n) is 7.69. The van der Waals surface area contributed by atoms with E-state index in [1.54, 1.807) is 35.6 Å². The molecule has 0 bridgehead atoms. The van der Waals surface area contributed by atoms with Gasteiger partial charge in [0, 0.05) is 24.9 Å². The molecule has 4 aromatic heterocycles. The van der Waals surface area contributed by atoms with Crippen LogP contribution in [0.5, 0.6) is 0 Å². The molecule has 33 heavy (non-hydrogen) atoms. The zero-order chi connectivity index (χ0) is 22.5. The van der Waals surface area contributed by atoms with E-state index in [0.29, 0.717) is 34.1 Å². The molecule has 6 rings (SSSR count). The third-order valence-corrected chi connectivity index (χ3v) is 6.62. The summed E-state index contributed by atoms with van der Waals surface area (Å²) in [7, 11) is 0. The Bertz CT molecular complexity index is 1490. The first-order valence-corrected chi connectivity index (χ1v) is 11.0. The molecule has 5 aromatic rings. The Balaban J connectivity index is 1.40. The maximum absolute atomic E-state index is 14.3. The number of rotatable bonds is 3. The van der Waals surface area contributed by atoms with Gasteiger partial charge in [-0.3, -0.25) is 9.78 Å². The van der Waals surface area contributed by atoms with Crippen LogP contribution < -0.4 is 0 Å². The quantitative estimate of drug-likeness (QED) is 0.436.